The minimum atomic E-state index is -0.704. The molecule has 2 amide bonds. The van der Waals surface area contributed by atoms with Crippen LogP contribution in [0.15, 0.2) is 48.5 Å². The summed E-state index contributed by atoms with van der Waals surface area (Å²) in [4.78, 5) is 26.8. The van der Waals surface area contributed by atoms with Gasteiger partial charge in [0.2, 0.25) is 11.8 Å². The standard InChI is InChI=1S/C22H26ClFN2O2/c1-3-14-25-22(28)16(2)26(15-18-9-5-7-11-20(18)24)21(27)13-12-17-8-4-6-10-19(17)23/h4-11,16H,3,12-15H2,1-2H3,(H,25,28)/t16-/m0/s1. The zero-order chi connectivity index (χ0) is 20.5. The fourth-order valence-corrected chi connectivity index (χ4v) is 3.11. The molecular weight excluding hydrogens is 379 g/mol. The molecule has 0 saturated heterocycles. The van der Waals surface area contributed by atoms with E-state index in [9.17, 15) is 14.0 Å². The van der Waals surface area contributed by atoms with Gasteiger partial charge in [0.1, 0.15) is 11.9 Å². The summed E-state index contributed by atoms with van der Waals surface area (Å²) in [6.07, 6.45) is 1.44. The third-order valence-corrected chi connectivity index (χ3v) is 4.95. The molecule has 2 aromatic carbocycles. The van der Waals surface area contributed by atoms with Crippen LogP contribution in [-0.2, 0) is 22.6 Å². The molecule has 0 radical (unpaired) electrons. The Kier molecular flexibility index (Phi) is 8.45. The molecule has 2 aromatic rings. The average molecular weight is 405 g/mol. The molecule has 0 unspecified atom stereocenters. The topological polar surface area (TPSA) is 49.4 Å². The number of carbonyl (C=O) groups is 2. The first-order valence-electron chi connectivity index (χ1n) is 9.48. The van der Waals surface area contributed by atoms with Gasteiger partial charge in [0, 0.05) is 30.1 Å². The fourth-order valence-electron chi connectivity index (χ4n) is 2.88. The number of hydrogen-bond acceptors (Lipinski definition) is 2. The maximum Gasteiger partial charge on any atom is 0.242 e. The van der Waals surface area contributed by atoms with Crippen molar-refractivity contribution < 1.29 is 14.0 Å². The van der Waals surface area contributed by atoms with Crippen LogP contribution in [0.2, 0.25) is 5.02 Å². The largest absolute Gasteiger partial charge is 0.354 e. The monoisotopic (exact) mass is 404 g/mol. The minimum Gasteiger partial charge on any atom is -0.354 e. The van der Waals surface area contributed by atoms with E-state index in [0.717, 1.165) is 12.0 Å². The van der Waals surface area contributed by atoms with Crippen molar-refractivity contribution in [2.24, 2.45) is 0 Å². The Morgan fingerprint density at radius 1 is 1.11 bits per heavy atom. The molecule has 6 heteroatoms. The number of amides is 2. The summed E-state index contributed by atoms with van der Waals surface area (Å²) in [5, 5.41) is 3.40. The third kappa shape index (κ3) is 6.06. The quantitative estimate of drug-likeness (QED) is 0.675. The van der Waals surface area contributed by atoms with Crippen molar-refractivity contribution in [1.29, 1.82) is 0 Å². The van der Waals surface area contributed by atoms with Gasteiger partial charge in [-0.25, -0.2) is 4.39 Å². The van der Waals surface area contributed by atoms with Gasteiger partial charge < -0.3 is 10.2 Å². The number of nitrogens with one attached hydrogen (secondary N) is 1. The van der Waals surface area contributed by atoms with Crippen LogP contribution >= 0.6 is 11.6 Å². The van der Waals surface area contributed by atoms with Crippen LogP contribution in [0.3, 0.4) is 0 Å². The van der Waals surface area contributed by atoms with E-state index in [1.807, 2.05) is 25.1 Å². The molecule has 0 aliphatic heterocycles. The lowest BCUT2D eigenvalue weighted by molar-refractivity contribution is -0.140. The minimum absolute atomic E-state index is 0.0364. The van der Waals surface area contributed by atoms with Crippen molar-refractivity contribution in [2.75, 3.05) is 6.54 Å². The molecule has 0 bridgehead atoms. The average Bonchev–Trinajstić information content (AvgIpc) is 2.70. The van der Waals surface area contributed by atoms with Gasteiger partial charge in [0.05, 0.1) is 0 Å². The van der Waals surface area contributed by atoms with Gasteiger partial charge in [-0.15, -0.1) is 0 Å². The van der Waals surface area contributed by atoms with E-state index in [-0.39, 0.29) is 24.8 Å². The lowest BCUT2D eigenvalue weighted by Crippen LogP contribution is -2.48. The summed E-state index contributed by atoms with van der Waals surface area (Å²) < 4.78 is 14.1. The first kappa shape index (κ1) is 21.9. The summed E-state index contributed by atoms with van der Waals surface area (Å²) in [5.74, 6) is -0.862. The Hall–Kier alpha value is -2.40. The second-order valence-electron chi connectivity index (χ2n) is 6.67. The summed E-state index contributed by atoms with van der Waals surface area (Å²) >= 11 is 6.17. The normalized spacial score (nSPS) is 11.7. The van der Waals surface area contributed by atoms with Crippen molar-refractivity contribution >= 4 is 23.4 Å². The number of hydrogen-bond donors (Lipinski definition) is 1. The first-order valence-corrected chi connectivity index (χ1v) is 9.85. The van der Waals surface area contributed by atoms with Crippen molar-refractivity contribution in [3.63, 3.8) is 0 Å². The predicted molar refractivity (Wildman–Crippen MR) is 109 cm³/mol. The molecule has 0 heterocycles. The third-order valence-electron chi connectivity index (χ3n) is 4.58. The Labute approximate surface area is 170 Å². The van der Waals surface area contributed by atoms with Crippen molar-refractivity contribution in [3.05, 3.63) is 70.5 Å². The SMILES string of the molecule is CCCNC(=O)[C@H](C)N(Cc1ccccc1F)C(=O)CCc1ccccc1Cl. The van der Waals surface area contributed by atoms with E-state index in [1.54, 1.807) is 31.2 Å². The molecule has 28 heavy (non-hydrogen) atoms. The molecule has 150 valence electrons. The van der Waals surface area contributed by atoms with Crippen LogP contribution in [0, 0.1) is 5.82 Å². The second-order valence-corrected chi connectivity index (χ2v) is 7.08. The highest BCUT2D eigenvalue weighted by Gasteiger charge is 2.26. The molecule has 0 aliphatic carbocycles. The number of nitrogens with zero attached hydrogens (tertiary/aromatic N) is 1. The summed E-state index contributed by atoms with van der Waals surface area (Å²) in [6.45, 7) is 4.19. The molecule has 0 aromatic heterocycles. The maximum absolute atomic E-state index is 14.1. The highest BCUT2D eigenvalue weighted by Crippen LogP contribution is 2.19. The number of benzene rings is 2. The molecular formula is C22H26ClFN2O2. The Morgan fingerprint density at radius 2 is 1.75 bits per heavy atom. The Morgan fingerprint density at radius 3 is 2.39 bits per heavy atom. The Balaban J connectivity index is 2.16. The highest BCUT2D eigenvalue weighted by molar-refractivity contribution is 6.31. The predicted octanol–water partition coefficient (Wildman–Crippen LogP) is 4.36. The summed E-state index contributed by atoms with van der Waals surface area (Å²) in [6, 6.07) is 12.9. The van der Waals surface area contributed by atoms with Crippen LogP contribution in [-0.4, -0.2) is 29.3 Å². The molecule has 1 N–H and O–H groups in total. The summed E-state index contributed by atoms with van der Waals surface area (Å²) in [7, 11) is 0. The highest BCUT2D eigenvalue weighted by atomic mass is 35.5. The van der Waals surface area contributed by atoms with E-state index in [1.165, 1.54) is 11.0 Å². The molecule has 4 nitrogen and oxygen atoms in total. The molecule has 0 fully saturated rings. The van der Waals surface area contributed by atoms with Gasteiger partial charge in [-0.05, 0) is 37.5 Å². The van der Waals surface area contributed by atoms with Crippen LogP contribution in [0.4, 0.5) is 4.39 Å². The molecule has 1 atom stereocenters. The van der Waals surface area contributed by atoms with Crippen LogP contribution in [0.25, 0.3) is 0 Å². The van der Waals surface area contributed by atoms with Gasteiger partial charge >= 0.3 is 0 Å². The smallest absolute Gasteiger partial charge is 0.242 e. The second kappa shape index (κ2) is 10.8. The van der Waals surface area contributed by atoms with Gasteiger partial charge in [-0.2, -0.15) is 0 Å². The summed E-state index contributed by atoms with van der Waals surface area (Å²) in [5.41, 5.74) is 1.25. The van der Waals surface area contributed by atoms with Crippen LogP contribution < -0.4 is 5.32 Å². The molecule has 0 aliphatic rings. The number of rotatable bonds is 9. The van der Waals surface area contributed by atoms with E-state index in [2.05, 4.69) is 5.32 Å². The molecule has 0 spiro atoms. The molecule has 2 rings (SSSR count). The fraction of sp³-hybridized carbons (Fsp3) is 0.364. The van der Waals surface area contributed by atoms with Crippen molar-refractivity contribution in [1.82, 2.24) is 10.2 Å². The number of carbonyl (C=O) groups excluding carboxylic acids is 2. The van der Waals surface area contributed by atoms with E-state index >= 15 is 0 Å². The van der Waals surface area contributed by atoms with Crippen molar-refractivity contribution in [3.8, 4) is 0 Å². The van der Waals surface area contributed by atoms with E-state index in [4.69, 9.17) is 11.6 Å². The lowest BCUT2D eigenvalue weighted by Gasteiger charge is -2.29. The molecule has 0 saturated carbocycles. The van der Waals surface area contributed by atoms with E-state index < -0.39 is 11.9 Å². The van der Waals surface area contributed by atoms with Gasteiger partial charge in [0.15, 0.2) is 0 Å². The maximum atomic E-state index is 14.1. The van der Waals surface area contributed by atoms with Crippen molar-refractivity contribution in [2.45, 2.75) is 45.7 Å². The lowest BCUT2D eigenvalue weighted by atomic mass is 10.1. The van der Waals surface area contributed by atoms with Gasteiger partial charge in [-0.3, -0.25) is 9.59 Å². The zero-order valence-corrected chi connectivity index (χ0v) is 17.0. The Bertz CT molecular complexity index is 813. The van der Waals surface area contributed by atoms with Gasteiger partial charge in [0.25, 0.3) is 0 Å². The van der Waals surface area contributed by atoms with E-state index in [0.29, 0.717) is 23.6 Å². The first-order chi connectivity index (χ1) is 13.4. The number of halogens is 2. The zero-order valence-electron chi connectivity index (χ0n) is 16.3. The van der Waals surface area contributed by atoms with Gasteiger partial charge in [-0.1, -0.05) is 54.9 Å². The number of aryl methyl sites for hydroxylation is 1. The van der Waals surface area contributed by atoms with Crippen LogP contribution in [0.5, 0.6) is 0 Å². The van der Waals surface area contributed by atoms with Crippen LogP contribution in [0.1, 0.15) is 37.8 Å².